The lowest BCUT2D eigenvalue weighted by molar-refractivity contribution is -0.146. The summed E-state index contributed by atoms with van der Waals surface area (Å²) in [4.78, 5) is 36.4. The minimum Gasteiger partial charge on any atom is -0.334 e. The Bertz CT molecular complexity index is 1050. The van der Waals surface area contributed by atoms with E-state index < -0.39 is 5.54 Å². The van der Waals surface area contributed by atoms with Crippen LogP contribution in [-0.4, -0.2) is 62.6 Å². The number of H-pyrrole nitrogens is 1. The largest absolute Gasteiger partial charge is 0.334 e. The molecular formula is C23H29FN6O2. The molecule has 9 heteroatoms. The molecule has 0 saturated carbocycles. The van der Waals surface area contributed by atoms with Crippen LogP contribution in [0.4, 0.5) is 4.39 Å². The normalized spacial score (nSPS) is 16.6. The first kappa shape index (κ1) is 23.3. The summed E-state index contributed by atoms with van der Waals surface area (Å²) in [7, 11) is 0. The lowest BCUT2D eigenvalue weighted by atomic mass is 9.97. The number of piperazine rings is 1. The van der Waals surface area contributed by atoms with Gasteiger partial charge in [-0.2, -0.15) is 0 Å². The van der Waals surface area contributed by atoms with Crippen molar-refractivity contribution in [3.63, 3.8) is 0 Å². The van der Waals surface area contributed by atoms with Gasteiger partial charge in [-0.1, -0.05) is 13.8 Å². The number of nitrogens with two attached hydrogens (primary N) is 1. The molecule has 1 aliphatic heterocycles. The van der Waals surface area contributed by atoms with E-state index >= 15 is 0 Å². The van der Waals surface area contributed by atoms with Gasteiger partial charge in [0.25, 0.3) is 5.91 Å². The molecule has 0 radical (unpaired) electrons. The third kappa shape index (κ3) is 4.47. The molecule has 0 spiro atoms. The van der Waals surface area contributed by atoms with E-state index in [-0.39, 0.29) is 41.6 Å². The van der Waals surface area contributed by atoms with Crippen LogP contribution in [0.15, 0.2) is 36.5 Å². The van der Waals surface area contributed by atoms with E-state index in [2.05, 4.69) is 9.97 Å². The number of carbonyl (C=O) groups excluding carboxylic acids is 2. The molecule has 1 aromatic heterocycles. The summed E-state index contributed by atoms with van der Waals surface area (Å²) in [6, 6.07) is 5.71. The minimum absolute atomic E-state index is 0.0102. The summed E-state index contributed by atoms with van der Waals surface area (Å²) < 4.78 is 13.2. The third-order valence-corrected chi connectivity index (χ3v) is 5.70. The molecule has 8 nitrogen and oxygen atoms in total. The van der Waals surface area contributed by atoms with E-state index in [9.17, 15) is 14.0 Å². The molecule has 1 aliphatic rings. The van der Waals surface area contributed by atoms with Gasteiger partial charge in [-0.05, 0) is 61.2 Å². The van der Waals surface area contributed by atoms with Crippen molar-refractivity contribution in [3.8, 4) is 0 Å². The van der Waals surface area contributed by atoms with Gasteiger partial charge in [0.05, 0.1) is 18.6 Å². The van der Waals surface area contributed by atoms with Gasteiger partial charge >= 0.3 is 0 Å². The number of aromatic amines is 1. The summed E-state index contributed by atoms with van der Waals surface area (Å²) in [6.07, 6.45) is 3.11. The number of imidazole rings is 1. The fraction of sp³-hybridized carbons (Fsp3) is 0.391. The molecule has 0 bridgehead atoms. The fourth-order valence-corrected chi connectivity index (χ4v) is 3.73. The van der Waals surface area contributed by atoms with Crippen molar-refractivity contribution in [2.75, 3.05) is 19.8 Å². The second-order valence-electron chi connectivity index (χ2n) is 8.59. The number of nitrogens with one attached hydrogen (secondary N) is 2. The van der Waals surface area contributed by atoms with Crippen LogP contribution < -0.4 is 5.73 Å². The lowest BCUT2D eigenvalue weighted by Crippen LogP contribution is -2.65. The van der Waals surface area contributed by atoms with Gasteiger partial charge in [0.1, 0.15) is 22.9 Å². The Morgan fingerprint density at radius 2 is 1.97 bits per heavy atom. The average molecular weight is 441 g/mol. The quantitative estimate of drug-likeness (QED) is 0.598. The number of halogens is 1. The minimum atomic E-state index is -1.03. The molecule has 32 heavy (non-hydrogen) atoms. The number of benzene rings is 1. The first-order valence-corrected chi connectivity index (χ1v) is 10.5. The van der Waals surface area contributed by atoms with E-state index in [0.29, 0.717) is 24.5 Å². The van der Waals surface area contributed by atoms with Crippen LogP contribution in [0.2, 0.25) is 0 Å². The molecule has 0 aliphatic carbocycles. The summed E-state index contributed by atoms with van der Waals surface area (Å²) >= 11 is 0. The highest BCUT2D eigenvalue weighted by Crippen LogP contribution is 2.26. The Labute approximate surface area is 186 Å². The van der Waals surface area contributed by atoms with Crippen LogP contribution in [0.3, 0.4) is 0 Å². The molecule has 170 valence electrons. The monoisotopic (exact) mass is 440 g/mol. The zero-order valence-corrected chi connectivity index (χ0v) is 18.8. The summed E-state index contributed by atoms with van der Waals surface area (Å²) in [5, 5.41) is 8.37. The van der Waals surface area contributed by atoms with Crippen LogP contribution in [0.1, 0.15) is 49.6 Å². The van der Waals surface area contributed by atoms with Gasteiger partial charge in [-0.15, -0.1) is 0 Å². The maximum absolute atomic E-state index is 13.2. The molecule has 1 fully saturated rings. The average Bonchev–Trinajstić information content (AvgIpc) is 3.23. The fourth-order valence-electron chi connectivity index (χ4n) is 3.73. The first-order chi connectivity index (χ1) is 15.1. The number of rotatable bonds is 6. The highest BCUT2D eigenvalue weighted by Gasteiger charge is 2.44. The van der Waals surface area contributed by atoms with E-state index in [1.54, 1.807) is 32.1 Å². The predicted octanol–water partition coefficient (Wildman–Crippen LogP) is 2.64. The Kier molecular flexibility index (Phi) is 6.59. The van der Waals surface area contributed by atoms with Gasteiger partial charge in [0, 0.05) is 13.1 Å². The van der Waals surface area contributed by atoms with Crippen molar-refractivity contribution in [1.82, 2.24) is 19.8 Å². The van der Waals surface area contributed by atoms with Crippen LogP contribution in [0.5, 0.6) is 0 Å². The molecule has 2 amide bonds. The zero-order valence-electron chi connectivity index (χ0n) is 18.8. The standard InChI is InChI=1S/C23H29FN6O2/c1-14(2)17(11-18(26)15-5-7-16(24)8-6-15)20-27-12-19(28-20)21(31)30-10-9-29(13-25)22(32)23(30,3)4/h5-8,11-12,14,26H,9-10,13,25H2,1-4H3,(H,27,28)/b17-11-,26-18?. The molecule has 2 aromatic rings. The number of amides is 2. The Morgan fingerprint density at radius 3 is 2.56 bits per heavy atom. The predicted molar refractivity (Wildman–Crippen MR) is 121 cm³/mol. The van der Waals surface area contributed by atoms with E-state index in [1.807, 2.05) is 13.8 Å². The number of nitrogens with zero attached hydrogens (tertiary/aromatic N) is 3. The second-order valence-corrected chi connectivity index (χ2v) is 8.59. The maximum atomic E-state index is 13.2. The Hall–Kier alpha value is -3.33. The molecule has 0 atom stereocenters. The van der Waals surface area contributed by atoms with Crippen molar-refractivity contribution < 1.29 is 14.0 Å². The Balaban J connectivity index is 1.87. The van der Waals surface area contributed by atoms with Gasteiger partial charge in [0.2, 0.25) is 5.91 Å². The van der Waals surface area contributed by atoms with Crippen LogP contribution >= 0.6 is 0 Å². The Morgan fingerprint density at radius 1 is 1.31 bits per heavy atom. The van der Waals surface area contributed by atoms with Gasteiger partial charge in [-0.25, -0.2) is 9.37 Å². The van der Waals surface area contributed by atoms with E-state index in [4.69, 9.17) is 11.1 Å². The zero-order chi connectivity index (χ0) is 23.6. The SMILES string of the molecule is CC(C)/C(=C/C(=N)c1ccc(F)cc1)c1ncc(C(=O)N2CCN(CN)C(=O)C2(C)C)[nH]1. The molecule has 3 rings (SSSR count). The number of hydrogen-bond acceptors (Lipinski definition) is 5. The van der Waals surface area contributed by atoms with Crippen molar-refractivity contribution in [3.05, 3.63) is 59.4 Å². The van der Waals surface area contributed by atoms with Crippen molar-refractivity contribution in [1.29, 1.82) is 5.41 Å². The summed E-state index contributed by atoms with van der Waals surface area (Å²) in [5.41, 5.74) is 6.41. The van der Waals surface area contributed by atoms with Crippen LogP contribution in [-0.2, 0) is 4.79 Å². The maximum Gasteiger partial charge on any atom is 0.272 e. The van der Waals surface area contributed by atoms with Crippen molar-refractivity contribution in [2.45, 2.75) is 33.2 Å². The first-order valence-electron chi connectivity index (χ1n) is 10.5. The highest BCUT2D eigenvalue weighted by atomic mass is 19.1. The van der Waals surface area contributed by atoms with E-state index in [0.717, 1.165) is 5.57 Å². The smallest absolute Gasteiger partial charge is 0.272 e. The van der Waals surface area contributed by atoms with Gasteiger partial charge in [-0.3, -0.25) is 9.59 Å². The molecule has 1 aromatic carbocycles. The van der Waals surface area contributed by atoms with Crippen molar-refractivity contribution >= 4 is 23.1 Å². The summed E-state index contributed by atoms with van der Waals surface area (Å²) in [5.74, 6) is -0.404. The second kappa shape index (κ2) is 9.04. The highest BCUT2D eigenvalue weighted by molar-refractivity contribution is 6.10. The molecular weight excluding hydrogens is 411 g/mol. The topological polar surface area (TPSA) is 119 Å². The van der Waals surface area contributed by atoms with Crippen LogP contribution in [0.25, 0.3) is 5.57 Å². The van der Waals surface area contributed by atoms with Crippen molar-refractivity contribution in [2.24, 2.45) is 11.7 Å². The van der Waals surface area contributed by atoms with Gasteiger partial charge in [0.15, 0.2) is 0 Å². The number of hydrogen-bond donors (Lipinski definition) is 3. The van der Waals surface area contributed by atoms with Crippen LogP contribution in [0, 0.1) is 17.1 Å². The number of aromatic nitrogens is 2. The molecule has 1 saturated heterocycles. The van der Waals surface area contributed by atoms with Gasteiger partial charge < -0.3 is 25.9 Å². The molecule has 4 N–H and O–H groups in total. The number of allylic oxidation sites excluding steroid dienone is 2. The molecule has 2 heterocycles. The summed E-state index contributed by atoms with van der Waals surface area (Å²) in [6.45, 7) is 8.18. The van der Waals surface area contributed by atoms with E-state index in [1.165, 1.54) is 28.1 Å². The molecule has 0 unspecified atom stereocenters. The lowest BCUT2D eigenvalue weighted by Gasteiger charge is -2.45. The number of carbonyl (C=O) groups is 2. The third-order valence-electron chi connectivity index (χ3n) is 5.70.